The van der Waals surface area contributed by atoms with Gasteiger partial charge in [-0.3, -0.25) is 0 Å². The van der Waals surface area contributed by atoms with Crippen molar-refractivity contribution in [2.24, 2.45) is 0 Å². The molecule has 1 fully saturated rings. The lowest BCUT2D eigenvalue weighted by Crippen LogP contribution is -2.02. The first-order valence-corrected chi connectivity index (χ1v) is 6.07. The molecule has 0 spiro atoms. The molecule has 3 nitrogen and oxygen atoms in total. The molecular formula is C10H15NO2S. The van der Waals surface area contributed by atoms with Crippen molar-refractivity contribution in [2.75, 3.05) is 5.75 Å². The Kier molecular flexibility index (Phi) is 3.13. The van der Waals surface area contributed by atoms with Gasteiger partial charge in [0.2, 0.25) is 5.89 Å². The predicted octanol–water partition coefficient (Wildman–Crippen LogP) is 2.69. The van der Waals surface area contributed by atoms with Gasteiger partial charge in [-0.25, -0.2) is 4.98 Å². The highest BCUT2D eigenvalue weighted by molar-refractivity contribution is 7.99. The average molecular weight is 213 g/mol. The molecule has 0 saturated carbocycles. The lowest BCUT2D eigenvalue weighted by Gasteiger charge is -2.17. The van der Waals surface area contributed by atoms with Gasteiger partial charge in [-0.1, -0.05) is 6.42 Å². The van der Waals surface area contributed by atoms with Crippen LogP contribution in [0.2, 0.25) is 0 Å². The van der Waals surface area contributed by atoms with Gasteiger partial charge in [0.15, 0.2) is 5.76 Å². The highest BCUT2D eigenvalue weighted by Gasteiger charge is 2.21. The van der Waals surface area contributed by atoms with E-state index < -0.39 is 6.10 Å². The summed E-state index contributed by atoms with van der Waals surface area (Å²) in [4.78, 5) is 4.21. The molecule has 1 N–H and O–H groups in total. The monoisotopic (exact) mass is 213 g/mol. The maximum Gasteiger partial charge on any atom is 0.207 e. The molecule has 78 valence electrons. The molecule has 0 bridgehead atoms. The van der Waals surface area contributed by atoms with E-state index in [1.807, 2.05) is 11.8 Å². The fourth-order valence-corrected chi connectivity index (χ4v) is 2.82. The van der Waals surface area contributed by atoms with E-state index in [1.54, 1.807) is 13.1 Å². The number of hydrogen-bond donors (Lipinski definition) is 1. The summed E-state index contributed by atoms with van der Waals surface area (Å²) >= 11 is 1.90. The summed E-state index contributed by atoms with van der Waals surface area (Å²) in [6.07, 6.45) is 4.78. The molecule has 1 aliphatic heterocycles. The van der Waals surface area contributed by atoms with Crippen LogP contribution in [0.15, 0.2) is 10.6 Å². The zero-order valence-corrected chi connectivity index (χ0v) is 9.09. The van der Waals surface area contributed by atoms with E-state index >= 15 is 0 Å². The van der Waals surface area contributed by atoms with E-state index in [0.717, 1.165) is 12.3 Å². The van der Waals surface area contributed by atoms with Crippen molar-refractivity contribution < 1.29 is 9.52 Å². The summed E-state index contributed by atoms with van der Waals surface area (Å²) in [7, 11) is 0. The Morgan fingerprint density at radius 1 is 1.64 bits per heavy atom. The number of rotatable bonds is 2. The fraction of sp³-hybridized carbons (Fsp3) is 0.700. The standard InChI is InChI=1S/C10H15NO2S/c1-7(12)8-6-11-10(13-8)9-4-2-3-5-14-9/h6-7,9,12H,2-5H2,1H3. The molecule has 2 unspecified atom stereocenters. The second-order valence-electron chi connectivity index (χ2n) is 3.63. The van der Waals surface area contributed by atoms with Crippen LogP contribution in [0.4, 0.5) is 0 Å². The minimum absolute atomic E-state index is 0.399. The Labute approximate surface area is 87.9 Å². The van der Waals surface area contributed by atoms with E-state index in [9.17, 15) is 5.11 Å². The second-order valence-corrected chi connectivity index (χ2v) is 4.94. The van der Waals surface area contributed by atoms with Gasteiger partial charge in [-0.15, -0.1) is 11.8 Å². The Morgan fingerprint density at radius 3 is 3.07 bits per heavy atom. The minimum atomic E-state index is -0.551. The summed E-state index contributed by atoms with van der Waals surface area (Å²) < 4.78 is 5.50. The summed E-state index contributed by atoms with van der Waals surface area (Å²) in [6.45, 7) is 1.69. The van der Waals surface area contributed by atoms with Crippen molar-refractivity contribution in [2.45, 2.75) is 37.5 Å². The van der Waals surface area contributed by atoms with Crippen molar-refractivity contribution in [1.82, 2.24) is 4.98 Å². The van der Waals surface area contributed by atoms with Gasteiger partial charge < -0.3 is 9.52 Å². The van der Waals surface area contributed by atoms with Crippen molar-refractivity contribution in [3.63, 3.8) is 0 Å². The van der Waals surface area contributed by atoms with Crippen LogP contribution >= 0.6 is 11.8 Å². The van der Waals surface area contributed by atoms with Crippen LogP contribution in [0.3, 0.4) is 0 Å². The number of aliphatic hydroxyl groups excluding tert-OH is 1. The van der Waals surface area contributed by atoms with E-state index in [1.165, 1.54) is 18.6 Å². The van der Waals surface area contributed by atoms with Gasteiger partial charge in [0, 0.05) is 0 Å². The van der Waals surface area contributed by atoms with E-state index in [-0.39, 0.29) is 0 Å². The highest BCUT2D eigenvalue weighted by atomic mass is 32.2. The van der Waals surface area contributed by atoms with E-state index in [4.69, 9.17) is 4.42 Å². The molecule has 0 aromatic carbocycles. The SMILES string of the molecule is CC(O)c1cnc(C2CCCCS2)o1. The Morgan fingerprint density at radius 2 is 2.50 bits per heavy atom. The molecular weight excluding hydrogens is 198 g/mol. The molecule has 0 amide bonds. The number of nitrogens with zero attached hydrogens (tertiary/aromatic N) is 1. The topological polar surface area (TPSA) is 46.3 Å². The number of thioether (sulfide) groups is 1. The van der Waals surface area contributed by atoms with E-state index in [0.29, 0.717) is 11.0 Å². The lowest BCUT2D eigenvalue weighted by atomic mass is 10.2. The molecule has 1 aromatic heterocycles. The van der Waals surface area contributed by atoms with Crippen LogP contribution in [0.25, 0.3) is 0 Å². The van der Waals surface area contributed by atoms with Gasteiger partial charge in [-0.2, -0.15) is 0 Å². The largest absolute Gasteiger partial charge is 0.442 e. The first kappa shape index (κ1) is 10.1. The van der Waals surface area contributed by atoms with Crippen LogP contribution < -0.4 is 0 Å². The molecule has 2 atom stereocenters. The first-order chi connectivity index (χ1) is 6.77. The molecule has 2 heterocycles. The van der Waals surface area contributed by atoms with Crippen LogP contribution in [0.1, 0.15) is 49.2 Å². The van der Waals surface area contributed by atoms with Crippen LogP contribution in [0.5, 0.6) is 0 Å². The highest BCUT2D eigenvalue weighted by Crippen LogP contribution is 2.38. The Balaban J connectivity index is 2.07. The van der Waals surface area contributed by atoms with Crippen molar-refractivity contribution >= 4 is 11.8 Å². The fourth-order valence-electron chi connectivity index (χ4n) is 1.58. The van der Waals surface area contributed by atoms with Gasteiger partial charge in [-0.05, 0) is 25.5 Å². The third kappa shape index (κ3) is 2.12. The first-order valence-electron chi connectivity index (χ1n) is 5.02. The lowest BCUT2D eigenvalue weighted by molar-refractivity contribution is 0.167. The second kappa shape index (κ2) is 4.36. The van der Waals surface area contributed by atoms with Crippen molar-refractivity contribution in [1.29, 1.82) is 0 Å². The number of aliphatic hydroxyl groups is 1. The molecule has 0 aliphatic carbocycles. The summed E-state index contributed by atoms with van der Waals surface area (Å²) in [5.41, 5.74) is 0. The smallest absolute Gasteiger partial charge is 0.207 e. The average Bonchev–Trinajstić information content (AvgIpc) is 2.68. The molecule has 0 radical (unpaired) electrons. The molecule has 14 heavy (non-hydrogen) atoms. The van der Waals surface area contributed by atoms with Gasteiger partial charge in [0.1, 0.15) is 6.10 Å². The third-order valence-corrected chi connectivity index (χ3v) is 3.77. The molecule has 4 heteroatoms. The molecule has 1 aliphatic rings. The van der Waals surface area contributed by atoms with Crippen molar-refractivity contribution in [3.8, 4) is 0 Å². The zero-order valence-electron chi connectivity index (χ0n) is 8.27. The Hall–Kier alpha value is -0.480. The quantitative estimate of drug-likeness (QED) is 0.820. The summed E-state index contributed by atoms with van der Waals surface area (Å²) in [6, 6.07) is 0. The maximum atomic E-state index is 9.29. The number of hydrogen-bond acceptors (Lipinski definition) is 4. The maximum absolute atomic E-state index is 9.29. The zero-order chi connectivity index (χ0) is 9.97. The number of oxazole rings is 1. The normalized spacial score (nSPS) is 24.9. The third-order valence-electron chi connectivity index (χ3n) is 2.41. The van der Waals surface area contributed by atoms with Gasteiger partial charge >= 0.3 is 0 Å². The molecule has 1 aromatic rings. The predicted molar refractivity (Wildman–Crippen MR) is 56.2 cm³/mol. The van der Waals surface area contributed by atoms with Crippen LogP contribution in [-0.2, 0) is 0 Å². The molecule has 1 saturated heterocycles. The molecule has 2 rings (SSSR count). The van der Waals surface area contributed by atoms with Crippen LogP contribution in [-0.4, -0.2) is 15.8 Å². The minimum Gasteiger partial charge on any atom is -0.442 e. The van der Waals surface area contributed by atoms with E-state index in [2.05, 4.69) is 4.98 Å². The summed E-state index contributed by atoms with van der Waals surface area (Å²) in [5, 5.41) is 9.69. The summed E-state index contributed by atoms with van der Waals surface area (Å²) in [5.74, 6) is 2.55. The Bertz CT molecular complexity index is 292. The number of aromatic nitrogens is 1. The van der Waals surface area contributed by atoms with Crippen LogP contribution in [0, 0.1) is 0 Å². The van der Waals surface area contributed by atoms with Crippen molar-refractivity contribution in [3.05, 3.63) is 17.8 Å². The van der Waals surface area contributed by atoms with Gasteiger partial charge in [0.05, 0.1) is 11.4 Å². The van der Waals surface area contributed by atoms with Gasteiger partial charge in [0.25, 0.3) is 0 Å².